The van der Waals surface area contributed by atoms with Crippen LogP contribution in [0.4, 0.5) is 0 Å². The summed E-state index contributed by atoms with van der Waals surface area (Å²) in [4.78, 5) is 13.3. The number of carboxylic acids is 1. The van der Waals surface area contributed by atoms with Gasteiger partial charge in [0.25, 0.3) is 0 Å². The molecule has 2 aromatic rings. The summed E-state index contributed by atoms with van der Waals surface area (Å²) in [6.07, 6.45) is 0.496. The lowest BCUT2D eigenvalue weighted by Gasteiger charge is -2.39. The zero-order valence-corrected chi connectivity index (χ0v) is 15.2. The van der Waals surface area contributed by atoms with Crippen molar-refractivity contribution >= 4 is 17.3 Å². The number of carboxylic acid groups (broad SMARTS) is 1. The van der Waals surface area contributed by atoms with Crippen molar-refractivity contribution in [3.05, 3.63) is 52.2 Å². The highest BCUT2D eigenvalue weighted by molar-refractivity contribution is 7.12. The van der Waals surface area contributed by atoms with Crippen molar-refractivity contribution in [1.82, 2.24) is 4.90 Å². The van der Waals surface area contributed by atoms with Crippen molar-refractivity contribution in [2.45, 2.75) is 24.5 Å². The van der Waals surface area contributed by atoms with Crippen molar-refractivity contribution < 1.29 is 24.9 Å². The van der Waals surface area contributed by atoms with Crippen molar-refractivity contribution in [2.24, 2.45) is 0 Å². The Balaban J connectivity index is 1.47. The summed E-state index contributed by atoms with van der Waals surface area (Å²) in [7, 11) is 0. The van der Waals surface area contributed by atoms with Crippen LogP contribution in [0.25, 0.3) is 0 Å². The molecule has 0 spiro atoms. The molecule has 1 atom stereocenters. The molecule has 3 rings (SSSR count). The van der Waals surface area contributed by atoms with Gasteiger partial charge in [-0.05, 0) is 29.9 Å². The Labute approximate surface area is 156 Å². The molecule has 0 aliphatic carbocycles. The summed E-state index contributed by atoms with van der Waals surface area (Å²) in [6, 6.07) is 11.3. The molecule has 1 saturated heterocycles. The summed E-state index contributed by atoms with van der Waals surface area (Å²) in [5.74, 6) is -0.737. The van der Waals surface area contributed by atoms with Gasteiger partial charge in [0.2, 0.25) is 0 Å². The molecule has 1 aromatic carbocycles. The van der Waals surface area contributed by atoms with E-state index in [0.29, 0.717) is 38.2 Å². The molecule has 3 N–H and O–H groups in total. The minimum Gasteiger partial charge on any atom is -0.489 e. The van der Waals surface area contributed by atoms with Crippen molar-refractivity contribution in [3.8, 4) is 5.75 Å². The second kappa shape index (κ2) is 8.18. The molecule has 0 amide bonds. The van der Waals surface area contributed by atoms with Gasteiger partial charge >= 0.3 is 5.97 Å². The number of benzene rings is 1. The number of rotatable bonds is 7. The Hall–Kier alpha value is -1.93. The third-order valence-corrected chi connectivity index (χ3v) is 5.60. The van der Waals surface area contributed by atoms with Crippen LogP contribution in [0.2, 0.25) is 0 Å². The van der Waals surface area contributed by atoms with Gasteiger partial charge < -0.3 is 25.0 Å². The molecule has 1 unspecified atom stereocenters. The minimum atomic E-state index is -1.03. The lowest BCUT2D eigenvalue weighted by molar-refractivity contribution is -0.0372. The summed E-state index contributed by atoms with van der Waals surface area (Å²) < 4.78 is 5.46. The van der Waals surface area contributed by atoms with Crippen LogP contribution in [-0.4, -0.2) is 58.5 Å². The summed E-state index contributed by atoms with van der Waals surface area (Å²) >= 11 is 1.10. The molecule has 140 valence electrons. The van der Waals surface area contributed by atoms with Gasteiger partial charge in [0.15, 0.2) is 4.88 Å². The SMILES string of the molecule is O=C(O)c1sccc1OCC(O)CN1CCC(O)(c2ccccc2)CC1. The average Bonchev–Trinajstić information content (AvgIpc) is 3.12. The standard InChI is InChI=1S/C19H23NO5S/c21-15(13-25-16-6-11-26-17(16)18(22)23)12-20-9-7-19(24,8-10-20)14-4-2-1-3-5-14/h1-6,11,15,21,24H,7-10,12-13H2,(H,22,23). The first-order valence-corrected chi connectivity index (χ1v) is 9.48. The number of aliphatic hydroxyl groups is 2. The number of ether oxygens (including phenoxy) is 1. The second-order valence-corrected chi connectivity index (χ2v) is 7.50. The number of carbonyl (C=O) groups is 1. The molecule has 7 heteroatoms. The fourth-order valence-corrected chi connectivity index (χ4v) is 3.92. The zero-order valence-electron chi connectivity index (χ0n) is 14.4. The largest absolute Gasteiger partial charge is 0.489 e. The molecule has 1 aliphatic heterocycles. The van der Waals surface area contributed by atoms with E-state index in [1.807, 2.05) is 30.3 Å². The molecule has 0 radical (unpaired) electrons. The van der Waals surface area contributed by atoms with E-state index in [9.17, 15) is 15.0 Å². The van der Waals surface area contributed by atoms with E-state index < -0.39 is 17.7 Å². The molecule has 0 bridgehead atoms. The first-order chi connectivity index (χ1) is 12.5. The van der Waals surface area contributed by atoms with E-state index >= 15 is 0 Å². The lowest BCUT2D eigenvalue weighted by atomic mass is 9.84. The molecule has 0 saturated carbocycles. The van der Waals surface area contributed by atoms with Gasteiger partial charge in [-0.1, -0.05) is 30.3 Å². The highest BCUT2D eigenvalue weighted by Crippen LogP contribution is 2.32. The van der Waals surface area contributed by atoms with E-state index in [-0.39, 0.29) is 11.5 Å². The van der Waals surface area contributed by atoms with Crippen LogP contribution in [0.1, 0.15) is 28.1 Å². The van der Waals surface area contributed by atoms with Crippen molar-refractivity contribution in [1.29, 1.82) is 0 Å². The van der Waals surface area contributed by atoms with Crippen LogP contribution in [0, 0.1) is 0 Å². The van der Waals surface area contributed by atoms with Gasteiger partial charge in [-0.25, -0.2) is 4.79 Å². The third kappa shape index (κ3) is 4.42. The molecular formula is C19H23NO5S. The fourth-order valence-electron chi connectivity index (χ4n) is 3.25. The molecule has 1 fully saturated rings. The highest BCUT2D eigenvalue weighted by Gasteiger charge is 2.34. The Morgan fingerprint density at radius 3 is 2.58 bits per heavy atom. The number of piperidine rings is 1. The number of β-amino-alcohol motifs (C(OH)–C–C–N with tert-alkyl or cyclic N) is 1. The Bertz CT molecular complexity index is 725. The maximum Gasteiger partial charge on any atom is 0.349 e. The van der Waals surface area contributed by atoms with Crippen LogP contribution >= 0.6 is 11.3 Å². The van der Waals surface area contributed by atoms with E-state index in [1.54, 1.807) is 11.4 Å². The van der Waals surface area contributed by atoms with Crippen LogP contribution < -0.4 is 4.74 Å². The van der Waals surface area contributed by atoms with Gasteiger partial charge in [0.1, 0.15) is 18.5 Å². The number of nitrogens with zero attached hydrogens (tertiary/aromatic N) is 1. The van der Waals surface area contributed by atoms with Gasteiger partial charge in [-0.15, -0.1) is 11.3 Å². The van der Waals surface area contributed by atoms with E-state index in [0.717, 1.165) is 16.9 Å². The van der Waals surface area contributed by atoms with Crippen LogP contribution in [0.15, 0.2) is 41.8 Å². The fraction of sp³-hybridized carbons (Fsp3) is 0.421. The number of hydrogen-bond acceptors (Lipinski definition) is 6. The van der Waals surface area contributed by atoms with Gasteiger partial charge in [0.05, 0.1) is 5.60 Å². The van der Waals surface area contributed by atoms with Crippen LogP contribution in [0.5, 0.6) is 5.75 Å². The Kier molecular flexibility index (Phi) is 5.93. The van der Waals surface area contributed by atoms with Gasteiger partial charge in [0, 0.05) is 19.6 Å². The van der Waals surface area contributed by atoms with E-state index in [4.69, 9.17) is 9.84 Å². The smallest absolute Gasteiger partial charge is 0.349 e. The quantitative estimate of drug-likeness (QED) is 0.685. The topological polar surface area (TPSA) is 90.2 Å². The summed E-state index contributed by atoms with van der Waals surface area (Å²) in [6.45, 7) is 1.83. The first-order valence-electron chi connectivity index (χ1n) is 8.60. The second-order valence-electron chi connectivity index (χ2n) is 6.58. The first kappa shape index (κ1) is 18.8. The minimum absolute atomic E-state index is 0.0382. The van der Waals surface area contributed by atoms with Crippen LogP contribution in [0.3, 0.4) is 0 Å². The maximum atomic E-state index is 11.1. The molecule has 26 heavy (non-hydrogen) atoms. The number of thiophene rings is 1. The monoisotopic (exact) mass is 377 g/mol. The normalized spacial score (nSPS) is 18.4. The molecule has 6 nitrogen and oxygen atoms in total. The zero-order chi connectivity index (χ0) is 18.6. The molecular weight excluding hydrogens is 354 g/mol. The Morgan fingerprint density at radius 1 is 1.23 bits per heavy atom. The maximum absolute atomic E-state index is 11.1. The molecule has 2 heterocycles. The van der Waals surface area contributed by atoms with Crippen LogP contribution in [-0.2, 0) is 5.60 Å². The van der Waals surface area contributed by atoms with Gasteiger partial charge in [-0.3, -0.25) is 0 Å². The lowest BCUT2D eigenvalue weighted by Crippen LogP contribution is -2.46. The number of aromatic carboxylic acids is 1. The average molecular weight is 377 g/mol. The summed E-state index contributed by atoms with van der Waals surface area (Å²) in [5, 5.41) is 31.8. The predicted octanol–water partition coefficient (Wildman–Crippen LogP) is 2.17. The molecule has 1 aliphatic rings. The molecule has 1 aromatic heterocycles. The van der Waals surface area contributed by atoms with Crippen molar-refractivity contribution in [3.63, 3.8) is 0 Å². The Morgan fingerprint density at radius 2 is 1.92 bits per heavy atom. The summed E-state index contributed by atoms with van der Waals surface area (Å²) in [5.41, 5.74) is 0.119. The number of likely N-dealkylation sites (tertiary alicyclic amines) is 1. The number of aliphatic hydroxyl groups excluding tert-OH is 1. The predicted molar refractivity (Wildman–Crippen MR) is 98.8 cm³/mol. The van der Waals surface area contributed by atoms with Crippen molar-refractivity contribution in [2.75, 3.05) is 26.2 Å². The highest BCUT2D eigenvalue weighted by atomic mass is 32.1. The van der Waals surface area contributed by atoms with E-state index in [2.05, 4.69) is 4.90 Å². The van der Waals surface area contributed by atoms with E-state index in [1.165, 1.54) is 0 Å². The third-order valence-electron chi connectivity index (χ3n) is 4.72. The number of hydrogen-bond donors (Lipinski definition) is 3. The van der Waals surface area contributed by atoms with Gasteiger partial charge in [-0.2, -0.15) is 0 Å².